The minimum absolute atomic E-state index is 0.0342. The van der Waals surface area contributed by atoms with Crippen molar-refractivity contribution in [2.75, 3.05) is 0 Å². The highest BCUT2D eigenvalue weighted by atomic mass is 32.2. The maximum Gasteiger partial charge on any atom is 0.240 e. The molecule has 0 aliphatic rings. The van der Waals surface area contributed by atoms with E-state index in [2.05, 4.69) is 25.5 Å². The van der Waals surface area contributed by atoms with Crippen LogP contribution in [0.15, 0.2) is 29.2 Å². The first-order valence-corrected chi connectivity index (χ1v) is 7.78. The Hall–Kier alpha value is -0.870. The van der Waals surface area contributed by atoms with Gasteiger partial charge in [0.2, 0.25) is 10.0 Å². The average molecular weight is 269 g/mol. The molecule has 0 radical (unpaired) electrons. The van der Waals surface area contributed by atoms with Crippen LogP contribution in [0.5, 0.6) is 0 Å². The fourth-order valence-electron chi connectivity index (χ4n) is 1.55. The van der Waals surface area contributed by atoms with Gasteiger partial charge in [-0.3, -0.25) is 0 Å². The standard InChI is InChI=1S/C14H23NO2S/c1-6-11(2)15-18(16,17)13-9-7-12(8-10-13)14(3,4)5/h7-11,15H,6H2,1-5H3/t11-/m0/s1. The maximum atomic E-state index is 12.1. The van der Waals surface area contributed by atoms with E-state index in [4.69, 9.17) is 0 Å². The highest BCUT2D eigenvalue weighted by Crippen LogP contribution is 2.23. The minimum Gasteiger partial charge on any atom is -0.208 e. The predicted molar refractivity (Wildman–Crippen MR) is 75.2 cm³/mol. The molecule has 1 rings (SSSR count). The molecule has 0 aliphatic heterocycles. The summed E-state index contributed by atoms with van der Waals surface area (Å²) in [6, 6.07) is 7.06. The molecule has 0 heterocycles. The van der Waals surface area contributed by atoms with E-state index in [9.17, 15) is 8.42 Å². The first-order valence-electron chi connectivity index (χ1n) is 6.29. The molecule has 1 N–H and O–H groups in total. The van der Waals surface area contributed by atoms with Gasteiger partial charge in [0.15, 0.2) is 0 Å². The molecule has 0 fully saturated rings. The molecule has 18 heavy (non-hydrogen) atoms. The van der Waals surface area contributed by atoms with Crippen LogP contribution in [-0.2, 0) is 15.4 Å². The molecule has 1 aromatic carbocycles. The fraction of sp³-hybridized carbons (Fsp3) is 0.571. The van der Waals surface area contributed by atoms with Crippen LogP contribution < -0.4 is 4.72 Å². The third-order valence-electron chi connectivity index (χ3n) is 3.00. The van der Waals surface area contributed by atoms with E-state index in [-0.39, 0.29) is 11.5 Å². The number of nitrogens with one attached hydrogen (secondary N) is 1. The summed E-state index contributed by atoms with van der Waals surface area (Å²) in [5, 5.41) is 0. The lowest BCUT2D eigenvalue weighted by Crippen LogP contribution is -2.32. The molecule has 0 bridgehead atoms. The lowest BCUT2D eigenvalue weighted by molar-refractivity contribution is 0.555. The quantitative estimate of drug-likeness (QED) is 0.913. The van der Waals surface area contributed by atoms with Crippen molar-refractivity contribution in [3.8, 4) is 0 Å². The SMILES string of the molecule is CC[C@H](C)NS(=O)(=O)c1ccc(C(C)(C)C)cc1. The molecule has 3 nitrogen and oxygen atoms in total. The van der Waals surface area contributed by atoms with E-state index in [1.54, 1.807) is 12.1 Å². The molecule has 0 aromatic heterocycles. The molecule has 1 atom stereocenters. The maximum absolute atomic E-state index is 12.1. The molecule has 1 aromatic rings. The van der Waals surface area contributed by atoms with Crippen LogP contribution in [0.4, 0.5) is 0 Å². The van der Waals surface area contributed by atoms with Crippen molar-refractivity contribution in [1.29, 1.82) is 0 Å². The zero-order valence-electron chi connectivity index (χ0n) is 11.8. The van der Waals surface area contributed by atoms with Gasteiger partial charge in [-0.15, -0.1) is 0 Å². The molecular formula is C14H23NO2S. The molecule has 0 spiro atoms. The van der Waals surface area contributed by atoms with Crippen LogP contribution >= 0.6 is 0 Å². The van der Waals surface area contributed by atoms with Gasteiger partial charge in [0.1, 0.15) is 0 Å². The first kappa shape index (κ1) is 15.2. The van der Waals surface area contributed by atoms with Gasteiger partial charge in [0.05, 0.1) is 4.90 Å². The summed E-state index contributed by atoms with van der Waals surface area (Å²) in [5.41, 5.74) is 1.16. The van der Waals surface area contributed by atoms with Crippen molar-refractivity contribution < 1.29 is 8.42 Å². The van der Waals surface area contributed by atoms with Gasteiger partial charge in [-0.2, -0.15) is 0 Å². The lowest BCUT2D eigenvalue weighted by atomic mass is 9.87. The summed E-state index contributed by atoms with van der Waals surface area (Å²) < 4.78 is 26.8. The van der Waals surface area contributed by atoms with E-state index in [0.29, 0.717) is 4.90 Å². The Labute approximate surface area is 111 Å². The number of hydrogen-bond acceptors (Lipinski definition) is 2. The number of sulfonamides is 1. The predicted octanol–water partition coefficient (Wildman–Crippen LogP) is 3.06. The van der Waals surface area contributed by atoms with Gasteiger partial charge >= 0.3 is 0 Å². The molecule has 0 saturated carbocycles. The smallest absolute Gasteiger partial charge is 0.208 e. The monoisotopic (exact) mass is 269 g/mol. The van der Waals surface area contributed by atoms with Crippen molar-refractivity contribution in [2.45, 2.75) is 57.4 Å². The van der Waals surface area contributed by atoms with Crippen molar-refractivity contribution in [3.05, 3.63) is 29.8 Å². The largest absolute Gasteiger partial charge is 0.240 e. The van der Waals surface area contributed by atoms with Crippen LogP contribution in [0.3, 0.4) is 0 Å². The summed E-state index contributed by atoms with van der Waals surface area (Å²) in [6.45, 7) is 10.1. The van der Waals surface area contributed by atoms with Crippen LogP contribution in [0.2, 0.25) is 0 Å². The van der Waals surface area contributed by atoms with Crippen LogP contribution in [0.1, 0.15) is 46.6 Å². The summed E-state index contributed by atoms with van der Waals surface area (Å²) >= 11 is 0. The third-order valence-corrected chi connectivity index (χ3v) is 4.60. The van der Waals surface area contributed by atoms with E-state index in [0.717, 1.165) is 12.0 Å². The van der Waals surface area contributed by atoms with Crippen LogP contribution in [-0.4, -0.2) is 14.5 Å². The lowest BCUT2D eigenvalue weighted by Gasteiger charge is -2.19. The number of hydrogen-bond donors (Lipinski definition) is 1. The Morgan fingerprint density at radius 3 is 2.06 bits per heavy atom. The molecule has 0 aliphatic carbocycles. The van der Waals surface area contributed by atoms with Gasteiger partial charge in [-0.05, 0) is 36.5 Å². The first-order chi connectivity index (χ1) is 8.16. The van der Waals surface area contributed by atoms with E-state index in [1.165, 1.54) is 0 Å². The minimum atomic E-state index is -3.38. The van der Waals surface area contributed by atoms with Gasteiger partial charge in [0.25, 0.3) is 0 Å². The molecule has 0 amide bonds. The van der Waals surface area contributed by atoms with Crippen molar-refractivity contribution in [1.82, 2.24) is 4.72 Å². The van der Waals surface area contributed by atoms with E-state index >= 15 is 0 Å². The van der Waals surface area contributed by atoms with Gasteiger partial charge in [-0.1, -0.05) is 39.8 Å². The average Bonchev–Trinajstić information content (AvgIpc) is 2.27. The van der Waals surface area contributed by atoms with Crippen molar-refractivity contribution in [2.24, 2.45) is 0 Å². The second kappa shape index (κ2) is 5.41. The number of benzene rings is 1. The second-order valence-corrected chi connectivity index (χ2v) is 7.42. The topological polar surface area (TPSA) is 46.2 Å². The van der Waals surface area contributed by atoms with Gasteiger partial charge in [0, 0.05) is 6.04 Å². The molecular weight excluding hydrogens is 246 g/mol. The summed E-state index contributed by atoms with van der Waals surface area (Å²) in [7, 11) is -3.38. The number of rotatable bonds is 4. The third kappa shape index (κ3) is 3.82. The van der Waals surface area contributed by atoms with Crippen LogP contribution in [0.25, 0.3) is 0 Å². The Balaban J connectivity index is 2.98. The van der Waals surface area contributed by atoms with E-state index < -0.39 is 10.0 Å². The summed E-state index contributed by atoms with van der Waals surface area (Å²) in [5.74, 6) is 0. The zero-order valence-corrected chi connectivity index (χ0v) is 12.6. The van der Waals surface area contributed by atoms with Gasteiger partial charge < -0.3 is 0 Å². The highest BCUT2D eigenvalue weighted by molar-refractivity contribution is 7.89. The van der Waals surface area contributed by atoms with Crippen molar-refractivity contribution >= 4 is 10.0 Å². The van der Waals surface area contributed by atoms with Crippen LogP contribution in [0, 0.1) is 0 Å². The Kier molecular flexibility index (Phi) is 4.56. The molecule has 102 valence electrons. The Bertz CT molecular complexity index is 484. The van der Waals surface area contributed by atoms with E-state index in [1.807, 2.05) is 26.0 Å². The molecule has 0 unspecified atom stereocenters. The molecule has 0 saturated heterocycles. The highest BCUT2D eigenvalue weighted by Gasteiger charge is 2.18. The fourth-order valence-corrected chi connectivity index (χ4v) is 2.88. The molecule has 4 heteroatoms. The summed E-state index contributed by atoms with van der Waals surface area (Å²) in [4.78, 5) is 0.329. The summed E-state index contributed by atoms with van der Waals surface area (Å²) in [6.07, 6.45) is 0.777. The van der Waals surface area contributed by atoms with Gasteiger partial charge in [-0.25, -0.2) is 13.1 Å². The Morgan fingerprint density at radius 1 is 1.17 bits per heavy atom. The Morgan fingerprint density at radius 2 is 1.67 bits per heavy atom. The second-order valence-electron chi connectivity index (χ2n) is 5.70. The van der Waals surface area contributed by atoms with Crippen molar-refractivity contribution in [3.63, 3.8) is 0 Å². The normalized spacial score (nSPS) is 14.5. The zero-order chi connectivity index (χ0) is 14.0.